The van der Waals surface area contributed by atoms with Crippen LogP contribution < -0.4 is 26.6 Å². The molecule has 130 valence electrons. The van der Waals surface area contributed by atoms with Crippen LogP contribution in [0.25, 0.3) is 0 Å². The summed E-state index contributed by atoms with van der Waals surface area (Å²) in [7, 11) is 5.11. The van der Waals surface area contributed by atoms with E-state index in [0.29, 0.717) is 5.75 Å². The molecule has 1 heterocycles. The summed E-state index contributed by atoms with van der Waals surface area (Å²) in [6.07, 6.45) is -1.62. The van der Waals surface area contributed by atoms with E-state index in [1.807, 2.05) is 19.0 Å². The largest absolute Gasteiger partial charge is 1.00 e. The molecule has 0 amide bonds. The first-order chi connectivity index (χ1) is 10.8. The number of pyridine rings is 1. The van der Waals surface area contributed by atoms with Gasteiger partial charge in [-0.05, 0) is 12.1 Å². The molecule has 0 saturated heterocycles. The SMILES string of the molecule is COc1ccccc1/C(=N\C(F)(F)F)[n+]1ccc(N(C)C)cc1.[Cl-]. The molecule has 0 unspecified atom stereocenters. The van der Waals surface area contributed by atoms with Gasteiger partial charge in [0.25, 0.3) is 0 Å². The second kappa shape index (κ2) is 8.01. The number of hydrogen-bond donors (Lipinski definition) is 0. The van der Waals surface area contributed by atoms with Crippen molar-refractivity contribution in [2.24, 2.45) is 4.99 Å². The molecule has 0 saturated carbocycles. The van der Waals surface area contributed by atoms with Crippen LogP contribution in [0.4, 0.5) is 18.9 Å². The number of rotatable bonds is 3. The van der Waals surface area contributed by atoms with Crippen LogP contribution in [0.15, 0.2) is 53.8 Å². The quantitative estimate of drug-likeness (QED) is 0.330. The normalized spacial score (nSPS) is 11.7. The predicted molar refractivity (Wildman–Crippen MR) is 81.9 cm³/mol. The zero-order chi connectivity index (χ0) is 17.0. The lowest BCUT2D eigenvalue weighted by molar-refractivity contribution is -0.555. The average Bonchev–Trinajstić information content (AvgIpc) is 2.52. The number of ether oxygens (including phenoxy) is 1. The number of methoxy groups -OCH3 is 1. The number of halogens is 4. The van der Waals surface area contributed by atoms with E-state index < -0.39 is 6.30 Å². The molecule has 2 aromatic rings. The van der Waals surface area contributed by atoms with E-state index in [2.05, 4.69) is 4.99 Å². The highest BCUT2D eigenvalue weighted by molar-refractivity contribution is 5.94. The van der Waals surface area contributed by atoms with Gasteiger partial charge in [-0.1, -0.05) is 12.1 Å². The Hall–Kier alpha value is -2.28. The number of aliphatic imine (C=N–C) groups is 1. The number of aromatic nitrogens is 1. The summed E-state index contributed by atoms with van der Waals surface area (Å²) < 4.78 is 45.1. The van der Waals surface area contributed by atoms with E-state index >= 15 is 0 Å². The number of nitrogens with zero attached hydrogens (tertiary/aromatic N) is 3. The Bertz CT molecular complexity index is 700. The minimum Gasteiger partial charge on any atom is -1.00 e. The summed E-state index contributed by atoms with van der Waals surface area (Å²) in [5, 5.41) is 0. The number of benzene rings is 1. The van der Waals surface area contributed by atoms with Crippen molar-refractivity contribution in [1.29, 1.82) is 0 Å². The van der Waals surface area contributed by atoms with E-state index in [-0.39, 0.29) is 23.8 Å². The molecule has 0 radical (unpaired) electrons. The lowest BCUT2D eigenvalue weighted by Gasteiger charge is -2.12. The molecule has 0 aliphatic carbocycles. The first-order valence-electron chi connectivity index (χ1n) is 6.81. The molecule has 0 spiro atoms. The first kappa shape index (κ1) is 19.8. The van der Waals surface area contributed by atoms with Crippen LogP contribution in [0.1, 0.15) is 5.56 Å². The second-order valence-electron chi connectivity index (χ2n) is 4.96. The molecule has 0 fully saturated rings. The maximum absolute atomic E-state index is 12.9. The number of alkyl halides is 3. The zero-order valence-corrected chi connectivity index (χ0v) is 14.1. The third-order valence-electron chi connectivity index (χ3n) is 3.15. The van der Waals surface area contributed by atoms with Crippen LogP contribution >= 0.6 is 0 Å². The van der Waals surface area contributed by atoms with Gasteiger partial charge >= 0.3 is 12.1 Å². The number of hydrogen-bond acceptors (Lipinski definition) is 3. The van der Waals surface area contributed by atoms with Crippen LogP contribution in [0.5, 0.6) is 5.75 Å². The van der Waals surface area contributed by atoms with Crippen molar-refractivity contribution in [2.45, 2.75) is 6.30 Å². The highest BCUT2D eigenvalue weighted by Crippen LogP contribution is 2.22. The van der Waals surface area contributed by atoms with Gasteiger partial charge in [0.1, 0.15) is 11.3 Å². The molecule has 0 aliphatic heterocycles. The topological polar surface area (TPSA) is 28.7 Å². The van der Waals surface area contributed by atoms with E-state index in [9.17, 15) is 13.2 Å². The molecule has 2 rings (SSSR count). The predicted octanol–water partition coefficient (Wildman–Crippen LogP) is -0.133. The van der Waals surface area contributed by atoms with Crippen molar-refractivity contribution in [3.05, 3.63) is 54.4 Å². The summed E-state index contributed by atoms with van der Waals surface area (Å²) in [4.78, 5) is 4.77. The second-order valence-corrected chi connectivity index (χ2v) is 4.96. The molecule has 0 atom stereocenters. The van der Waals surface area contributed by atoms with Gasteiger partial charge in [0, 0.05) is 36.9 Å². The van der Waals surface area contributed by atoms with Crippen LogP contribution in [-0.4, -0.2) is 33.3 Å². The Morgan fingerprint density at radius 1 is 1.08 bits per heavy atom. The van der Waals surface area contributed by atoms with Crippen molar-refractivity contribution in [1.82, 2.24) is 0 Å². The van der Waals surface area contributed by atoms with Gasteiger partial charge in [0.05, 0.1) is 19.5 Å². The minimum atomic E-state index is -4.69. The van der Waals surface area contributed by atoms with Gasteiger partial charge in [-0.25, -0.2) is 4.57 Å². The van der Waals surface area contributed by atoms with Crippen molar-refractivity contribution < 1.29 is 34.9 Å². The smallest absolute Gasteiger partial charge is 0.603 e. The van der Waals surface area contributed by atoms with Crippen LogP contribution in [-0.2, 0) is 0 Å². The lowest BCUT2D eigenvalue weighted by atomic mass is 10.1. The summed E-state index contributed by atoms with van der Waals surface area (Å²) in [6, 6.07) is 9.88. The van der Waals surface area contributed by atoms with Crippen molar-refractivity contribution in [3.63, 3.8) is 0 Å². The van der Waals surface area contributed by atoms with Gasteiger partial charge in [-0.2, -0.15) is 0 Å². The monoisotopic (exact) mass is 359 g/mol. The Labute approximate surface area is 144 Å². The zero-order valence-electron chi connectivity index (χ0n) is 13.4. The van der Waals surface area contributed by atoms with Crippen LogP contribution in [0.2, 0.25) is 0 Å². The van der Waals surface area contributed by atoms with Gasteiger partial charge in [-0.3, -0.25) is 0 Å². The van der Waals surface area contributed by atoms with E-state index in [4.69, 9.17) is 4.74 Å². The standard InChI is InChI=1S/C16H17F3N3O.ClH/c1-21(2)12-8-10-22(11-9-12)15(20-16(17,18)19)13-6-4-5-7-14(13)23-3;/h4-11H,1-3H3;1H/q+1;/p-1/b20-15+;. The van der Waals surface area contributed by atoms with E-state index in [0.717, 1.165) is 5.69 Å². The van der Waals surface area contributed by atoms with Gasteiger partial charge in [0.15, 0.2) is 0 Å². The third-order valence-corrected chi connectivity index (χ3v) is 3.15. The van der Waals surface area contributed by atoms with Crippen molar-refractivity contribution in [2.75, 3.05) is 26.1 Å². The van der Waals surface area contributed by atoms with Crippen molar-refractivity contribution in [3.8, 4) is 5.75 Å². The number of para-hydroxylation sites is 1. The molecule has 0 bridgehead atoms. The Balaban J connectivity index is 0.00000288. The van der Waals surface area contributed by atoms with Gasteiger partial charge in [-0.15, -0.1) is 13.2 Å². The van der Waals surface area contributed by atoms with E-state index in [1.54, 1.807) is 30.3 Å². The number of anilines is 1. The molecular formula is C16H17ClF3N3O. The minimum absolute atomic E-state index is 0. The molecule has 0 aliphatic rings. The van der Waals surface area contributed by atoms with Gasteiger partial charge < -0.3 is 22.0 Å². The fraction of sp³-hybridized carbons (Fsp3) is 0.250. The highest BCUT2D eigenvalue weighted by Gasteiger charge is 2.38. The van der Waals surface area contributed by atoms with Gasteiger partial charge in [0.2, 0.25) is 0 Å². The first-order valence-corrected chi connectivity index (χ1v) is 6.81. The Morgan fingerprint density at radius 3 is 2.17 bits per heavy atom. The molecular weight excluding hydrogens is 343 g/mol. The van der Waals surface area contributed by atoms with Crippen LogP contribution in [0.3, 0.4) is 0 Å². The molecule has 0 N–H and O–H groups in total. The summed E-state index contributed by atoms with van der Waals surface area (Å²) in [5.74, 6) is 0.0694. The molecule has 1 aromatic heterocycles. The van der Waals surface area contributed by atoms with E-state index in [1.165, 1.54) is 30.1 Å². The lowest BCUT2D eigenvalue weighted by Crippen LogP contribution is -3.00. The Kier molecular flexibility index (Phi) is 6.60. The van der Waals surface area contributed by atoms with Crippen LogP contribution in [0, 0.1) is 0 Å². The van der Waals surface area contributed by atoms with Crippen molar-refractivity contribution >= 4 is 11.5 Å². The fourth-order valence-electron chi connectivity index (χ4n) is 2.06. The summed E-state index contributed by atoms with van der Waals surface area (Å²) in [5.41, 5.74) is 1.13. The average molecular weight is 360 g/mol. The molecule has 1 aromatic carbocycles. The molecule has 4 nitrogen and oxygen atoms in total. The fourth-order valence-corrected chi connectivity index (χ4v) is 2.06. The summed E-state index contributed by atoms with van der Waals surface area (Å²) in [6.45, 7) is 0. The summed E-state index contributed by atoms with van der Waals surface area (Å²) >= 11 is 0. The Morgan fingerprint density at radius 2 is 1.67 bits per heavy atom. The molecule has 24 heavy (non-hydrogen) atoms. The molecule has 8 heteroatoms. The maximum atomic E-state index is 12.9. The third kappa shape index (κ3) is 4.86. The highest BCUT2D eigenvalue weighted by atomic mass is 35.5. The maximum Gasteiger partial charge on any atom is 0.603 e.